The zero-order valence-corrected chi connectivity index (χ0v) is 17.2. The van der Waals surface area contributed by atoms with Gasteiger partial charge in [-0.05, 0) is 55.5 Å². The van der Waals surface area contributed by atoms with Crippen molar-refractivity contribution in [3.8, 4) is 11.5 Å². The highest BCUT2D eigenvalue weighted by Crippen LogP contribution is 2.37. The van der Waals surface area contributed by atoms with Gasteiger partial charge < -0.3 is 14.2 Å². The van der Waals surface area contributed by atoms with Crippen LogP contribution in [-0.2, 0) is 14.3 Å². The Kier molecular flexibility index (Phi) is 5.94. The molecule has 3 rings (SSSR count). The third kappa shape index (κ3) is 3.84. The van der Waals surface area contributed by atoms with Crippen molar-refractivity contribution in [2.75, 3.05) is 26.2 Å². The lowest BCUT2D eigenvalue weighted by Crippen LogP contribution is -2.24. The summed E-state index contributed by atoms with van der Waals surface area (Å²) in [6.45, 7) is 1.70. The summed E-state index contributed by atoms with van der Waals surface area (Å²) in [5.74, 6) is 0.186. The monoisotopic (exact) mass is 413 g/mol. The van der Waals surface area contributed by atoms with Crippen LogP contribution in [0, 0.1) is 0 Å². The molecule has 0 atom stereocenters. The van der Waals surface area contributed by atoms with Gasteiger partial charge in [0.2, 0.25) is 0 Å². The largest absolute Gasteiger partial charge is 0.497 e. The number of ether oxygens (including phenoxy) is 3. The minimum Gasteiger partial charge on any atom is -0.497 e. The van der Waals surface area contributed by atoms with Gasteiger partial charge in [-0.3, -0.25) is 9.69 Å². The van der Waals surface area contributed by atoms with Crippen molar-refractivity contribution >= 4 is 35.2 Å². The van der Waals surface area contributed by atoms with Gasteiger partial charge in [0.15, 0.2) is 0 Å². The number of carbonyl (C=O) groups excluding carboxylic acids is 2. The van der Waals surface area contributed by atoms with E-state index in [1.54, 1.807) is 62.6 Å². The van der Waals surface area contributed by atoms with Gasteiger partial charge in [0.25, 0.3) is 5.91 Å². The molecule has 2 aromatic carbocycles. The van der Waals surface area contributed by atoms with Crippen LogP contribution in [0.25, 0.3) is 6.08 Å². The molecule has 0 aromatic heterocycles. The smallest absolute Gasteiger partial charge is 0.340 e. The minimum absolute atomic E-state index is 0.192. The van der Waals surface area contributed by atoms with Gasteiger partial charge in [0.1, 0.15) is 11.5 Å². The number of benzene rings is 2. The zero-order valence-electron chi connectivity index (χ0n) is 16.5. The Labute approximate surface area is 173 Å². The fraction of sp³-hybridized carbons (Fsp3) is 0.182. The molecule has 0 saturated carbocycles. The van der Waals surface area contributed by atoms with Crippen LogP contribution in [0.1, 0.15) is 12.5 Å². The number of rotatable bonds is 5. The highest BCUT2D eigenvalue weighted by atomic mass is 35.5. The summed E-state index contributed by atoms with van der Waals surface area (Å²) >= 11 is 5.96. The molecule has 0 bridgehead atoms. The molecular formula is C22H20ClNO5. The number of hydrogen-bond donors (Lipinski definition) is 0. The molecule has 29 heavy (non-hydrogen) atoms. The molecule has 0 aliphatic carbocycles. The molecule has 0 N–H and O–H groups in total. The Bertz CT molecular complexity index is 1020. The molecule has 0 unspecified atom stereocenters. The predicted octanol–water partition coefficient (Wildman–Crippen LogP) is 4.23. The minimum atomic E-state index is -0.597. The number of nitrogens with zero attached hydrogens (tertiary/aromatic N) is 1. The molecule has 1 heterocycles. The topological polar surface area (TPSA) is 65.1 Å². The molecule has 150 valence electrons. The molecule has 1 aliphatic heterocycles. The van der Waals surface area contributed by atoms with Gasteiger partial charge in [-0.15, -0.1) is 0 Å². The van der Waals surface area contributed by atoms with Crippen molar-refractivity contribution in [1.29, 1.82) is 0 Å². The number of carbonyl (C=O) groups is 2. The van der Waals surface area contributed by atoms with Gasteiger partial charge in [-0.2, -0.15) is 0 Å². The third-order valence-electron chi connectivity index (χ3n) is 4.61. The second kappa shape index (κ2) is 8.41. The Balaban J connectivity index is 2.17. The molecular weight excluding hydrogens is 394 g/mol. The summed E-state index contributed by atoms with van der Waals surface area (Å²) < 4.78 is 15.6. The van der Waals surface area contributed by atoms with Crippen LogP contribution >= 0.6 is 11.6 Å². The number of anilines is 1. The fourth-order valence-corrected chi connectivity index (χ4v) is 3.31. The molecule has 2 aromatic rings. The molecule has 0 fully saturated rings. The fourth-order valence-electron chi connectivity index (χ4n) is 3.19. The second-order valence-electron chi connectivity index (χ2n) is 6.23. The van der Waals surface area contributed by atoms with Crippen molar-refractivity contribution < 1.29 is 23.8 Å². The highest BCUT2D eigenvalue weighted by molar-refractivity contribution is 6.30. The lowest BCUT2D eigenvalue weighted by molar-refractivity contribution is -0.136. The summed E-state index contributed by atoms with van der Waals surface area (Å²) in [6.07, 6.45) is 1.61. The lowest BCUT2D eigenvalue weighted by atomic mass is 10.0. The van der Waals surface area contributed by atoms with Crippen LogP contribution in [0.15, 0.2) is 59.3 Å². The van der Waals surface area contributed by atoms with Crippen LogP contribution in [-0.4, -0.2) is 33.2 Å². The number of esters is 1. The van der Waals surface area contributed by atoms with E-state index in [0.717, 1.165) is 0 Å². The van der Waals surface area contributed by atoms with Gasteiger partial charge in [-0.25, -0.2) is 4.79 Å². The molecule has 7 heteroatoms. The number of hydrogen-bond acceptors (Lipinski definition) is 5. The Morgan fingerprint density at radius 2 is 1.72 bits per heavy atom. The standard InChI is InChI=1S/C22H20ClNO5/c1-13-20(22(26)29-4)18(12-14-11-17(27-2)9-10-19(14)28-3)21(25)24(13)16-7-5-15(23)6-8-16/h5-12H,1-4H3/b18-12-. The summed E-state index contributed by atoms with van der Waals surface area (Å²) in [5.41, 5.74) is 2.06. The van der Waals surface area contributed by atoms with Crippen LogP contribution < -0.4 is 14.4 Å². The number of amides is 1. The summed E-state index contributed by atoms with van der Waals surface area (Å²) in [7, 11) is 4.36. The first-order chi connectivity index (χ1) is 13.9. The van der Waals surface area contributed by atoms with Crippen LogP contribution in [0.3, 0.4) is 0 Å². The maximum Gasteiger partial charge on any atom is 0.340 e. The third-order valence-corrected chi connectivity index (χ3v) is 4.86. The highest BCUT2D eigenvalue weighted by Gasteiger charge is 2.38. The first-order valence-corrected chi connectivity index (χ1v) is 9.12. The molecule has 6 nitrogen and oxygen atoms in total. The van der Waals surface area contributed by atoms with E-state index >= 15 is 0 Å². The normalized spacial score (nSPS) is 15.1. The van der Waals surface area contributed by atoms with Crippen LogP contribution in [0.5, 0.6) is 11.5 Å². The van der Waals surface area contributed by atoms with Crippen molar-refractivity contribution in [2.24, 2.45) is 0 Å². The van der Waals surface area contributed by atoms with Gasteiger partial charge in [0.05, 0.1) is 32.5 Å². The van der Waals surface area contributed by atoms with E-state index in [1.165, 1.54) is 19.1 Å². The zero-order chi connectivity index (χ0) is 21.1. The average molecular weight is 414 g/mol. The first kappa shape index (κ1) is 20.5. The number of methoxy groups -OCH3 is 3. The van der Waals surface area contributed by atoms with Crippen LogP contribution in [0.2, 0.25) is 5.02 Å². The molecule has 1 amide bonds. The van der Waals surface area contributed by atoms with E-state index in [2.05, 4.69) is 0 Å². The Hall–Kier alpha value is -3.25. The maximum atomic E-state index is 13.3. The van der Waals surface area contributed by atoms with Gasteiger partial charge in [0, 0.05) is 22.0 Å². The quantitative estimate of drug-likeness (QED) is 0.542. The number of halogens is 1. The molecule has 0 saturated heterocycles. The van der Waals surface area contributed by atoms with Crippen LogP contribution in [0.4, 0.5) is 5.69 Å². The Morgan fingerprint density at radius 1 is 1.03 bits per heavy atom. The van der Waals surface area contributed by atoms with E-state index in [4.69, 9.17) is 25.8 Å². The number of allylic oxidation sites excluding steroid dienone is 1. The van der Waals surface area contributed by atoms with Gasteiger partial charge >= 0.3 is 5.97 Å². The molecule has 0 radical (unpaired) electrons. The summed E-state index contributed by atoms with van der Waals surface area (Å²) in [4.78, 5) is 27.3. The first-order valence-electron chi connectivity index (χ1n) is 8.74. The van der Waals surface area contributed by atoms with Crippen molar-refractivity contribution in [3.05, 3.63) is 69.9 Å². The van der Waals surface area contributed by atoms with Gasteiger partial charge in [-0.1, -0.05) is 11.6 Å². The van der Waals surface area contributed by atoms with Crippen molar-refractivity contribution in [1.82, 2.24) is 0 Å². The second-order valence-corrected chi connectivity index (χ2v) is 6.67. The van der Waals surface area contributed by atoms with E-state index in [9.17, 15) is 9.59 Å². The molecule has 0 spiro atoms. The lowest BCUT2D eigenvalue weighted by Gasteiger charge is -2.18. The van der Waals surface area contributed by atoms with E-state index < -0.39 is 5.97 Å². The Morgan fingerprint density at radius 3 is 2.31 bits per heavy atom. The predicted molar refractivity (Wildman–Crippen MR) is 111 cm³/mol. The average Bonchev–Trinajstić information content (AvgIpc) is 2.97. The summed E-state index contributed by atoms with van der Waals surface area (Å²) in [6, 6.07) is 12.0. The maximum absolute atomic E-state index is 13.3. The van der Waals surface area contributed by atoms with Crippen molar-refractivity contribution in [3.63, 3.8) is 0 Å². The molecule has 1 aliphatic rings. The van der Waals surface area contributed by atoms with E-state index in [0.29, 0.717) is 33.5 Å². The van der Waals surface area contributed by atoms with E-state index in [1.807, 2.05) is 0 Å². The summed E-state index contributed by atoms with van der Waals surface area (Å²) in [5, 5.41) is 0.548. The van der Waals surface area contributed by atoms with E-state index in [-0.39, 0.29) is 17.1 Å². The van der Waals surface area contributed by atoms with Crippen molar-refractivity contribution in [2.45, 2.75) is 6.92 Å². The SMILES string of the molecule is COC(=O)C1=C(C)N(c2ccc(Cl)cc2)C(=O)/C1=C\c1cc(OC)ccc1OC.